The van der Waals surface area contributed by atoms with E-state index in [1.807, 2.05) is 20.8 Å². The summed E-state index contributed by atoms with van der Waals surface area (Å²) in [6.07, 6.45) is -1.05. The van der Waals surface area contributed by atoms with E-state index in [4.69, 9.17) is 11.1 Å². The molecular formula is C25H35N5O5S. The molecule has 2 rings (SSSR count). The molecule has 2 amide bonds. The number of nitrogen functional groups attached to an aromatic ring is 1. The highest BCUT2D eigenvalue weighted by atomic mass is 32.2. The number of rotatable bonds is 12. The maximum absolute atomic E-state index is 13.0. The summed E-state index contributed by atoms with van der Waals surface area (Å²) in [5.74, 6) is -1.27. The number of benzene rings is 2. The molecule has 7 N–H and O–H groups in total. The second-order valence-corrected chi connectivity index (χ2v) is 10.9. The molecule has 10 nitrogen and oxygen atoms in total. The predicted molar refractivity (Wildman–Crippen MR) is 138 cm³/mol. The monoisotopic (exact) mass is 517 g/mol. The molecule has 0 bridgehead atoms. The fourth-order valence-electron chi connectivity index (χ4n) is 3.40. The number of aliphatic hydroxyl groups excluding tert-OH is 1. The molecule has 0 fully saturated rings. The van der Waals surface area contributed by atoms with Gasteiger partial charge in [0.1, 0.15) is 17.9 Å². The molecular weight excluding hydrogens is 482 g/mol. The highest BCUT2D eigenvalue weighted by molar-refractivity contribution is 7.89. The molecule has 0 heterocycles. The fourth-order valence-corrected chi connectivity index (χ4v) is 4.67. The predicted octanol–water partition coefficient (Wildman–Crippen LogP) is 1.15. The van der Waals surface area contributed by atoms with Crippen LogP contribution in [0.2, 0.25) is 0 Å². The van der Waals surface area contributed by atoms with Gasteiger partial charge >= 0.3 is 0 Å². The zero-order valence-electron chi connectivity index (χ0n) is 20.9. The zero-order valence-corrected chi connectivity index (χ0v) is 21.7. The van der Waals surface area contributed by atoms with Crippen LogP contribution in [0.3, 0.4) is 0 Å². The minimum Gasteiger partial charge on any atom is -0.391 e. The standard InChI is InChI=1S/C25H35N5O5S/c1-15(2)13-21(24(32)28-14-18-7-9-19(10-8-18)23(26)27)29-25(33)22(17(4)31)30-36(34,35)20-11-5-16(3)6-12-20/h5-12,15,17,21-22,30-31H,13-14H2,1-4H3,(H3,26,27)(H,28,32)(H,29,33)/t17?,21?,22-/m1/s1. The maximum Gasteiger partial charge on any atom is 0.242 e. The Morgan fingerprint density at radius 2 is 1.58 bits per heavy atom. The molecule has 2 aromatic rings. The number of aliphatic hydroxyl groups is 1. The van der Waals surface area contributed by atoms with Crippen LogP contribution >= 0.6 is 0 Å². The summed E-state index contributed by atoms with van der Waals surface area (Å²) in [6.45, 7) is 7.07. The third-order valence-corrected chi connectivity index (χ3v) is 6.91. The molecule has 196 valence electrons. The van der Waals surface area contributed by atoms with Gasteiger partial charge in [-0.3, -0.25) is 15.0 Å². The van der Waals surface area contributed by atoms with Crippen molar-refractivity contribution in [2.75, 3.05) is 0 Å². The summed E-state index contributed by atoms with van der Waals surface area (Å²) in [4.78, 5) is 25.9. The SMILES string of the molecule is Cc1ccc(S(=O)(=O)N[C@@H](C(=O)NC(CC(C)C)C(=O)NCc2ccc(C(=N)N)cc2)C(C)O)cc1. The van der Waals surface area contributed by atoms with E-state index >= 15 is 0 Å². The fraction of sp³-hybridized carbons (Fsp3) is 0.400. The molecule has 0 aromatic heterocycles. The Balaban J connectivity index is 2.12. The van der Waals surface area contributed by atoms with Gasteiger partial charge < -0.3 is 21.5 Å². The van der Waals surface area contributed by atoms with Gasteiger partial charge in [-0.05, 0) is 43.9 Å². The molecule has 2 unspecified atom stereocenters. The molecule has 0 aliphatic heterocycles. The Bertz CT molecular complexity index is 1160. The average molecular weight is 518 g/mol. The number of carbonyl (C=O) groups excluding carboxylic acids is 2. The number of nitrogens with one attached hydrogen (secondary N) is 4. The molecule has 0 saturated heterocycles. The Labute approximate surface area is 212 Å². The van der Waals surface area contributed by atoms with E-state index in [0.29, 0.717) is 12.0 Å². The summed E-state index contributed by atoms with van der Waals surface area (Å²) in [7, 11) is -4.10. The smallest absolute Gasteiger partial charge is 0.242 e. The number of sulfonamides is 1. The molecule has 36 heavy (non-hydrogen) atoms. The van der Waals surface area contributed by atoms with E-state index in [2.05, 4.69) is 15.4 Å². The third kappa shape index (κ3) is 8.43. The third-order valence-electron chi connectivity index (χ3n) is 5.45. The van der Waals surface area contributed by atoms with E-state index in [9.17, 15) is 23.1 Å². The van der Waals surface area contributed by atoms with Crippen molar-refractivity contribution in [3.63, 3.8) is 0 Å². The number of hydrogen-bond donors (Lipinski definition) is 6. The van der Waals surface area contributed by atoms with Gasteiger partial charge in [-0.15, -0.1) is 0 Å². The van der Waals surface area contributed by atoms with Crippen molar-refractivity contribution in [2.24, 2.45) is 11.7 Å². The number of amidine groups is 1. The van der Waals surface area contributed by atoms with Crippen LogP contribution in [0.25, 0.3) is 0 Å². The van der Waals surface area contributed by atoms with E-state index in [1.165, 1.54) is 19.1 Å². The van der Waals surface area contributed by atoms with Gasteiger partial charge in [0.25, 0.3) is 0 Å². The van der Waals surface area contributed by atoms with Gasteiger partial charge in [0.2, 0.25) is 21.8 Å². The molecule has 0 aliphatic carbocycles. The first-order valence-corrected chi connectivity index (χ1v) is 13.1. The summed E-state index contributed by atoms with van der Waals surface area (Å²) >= 11 is 0. The summed E-state index contributed by atoms with van der Waals surface area (Å²) in [5.41, 5.74) is 7.66. The minimum absolute atomic E-state index is 0.0428. The van der Waals surface area contributed by atoms with Crippen LogP contribution in [0.15, 0.2) is 53.4 Å². The lowest BCUT2D eigenvalue weighted by atomic mass is 10.0. The summed E-state index contributed by atoms with van der Waals surface area (Å²) < 4.78 is 27.8. The first kappa shape index (κ1) is 29.0. The Kier molecular flexibility index (Phi) is 10.1. The van der Waals surface area contributed by atoms with Crippen molar-refractivity contribution in [3.8, 4) is 0 Å². The van der Waals surface area contributed by atoms with E-state index in [0.717, 1.165) is 11.1 Å². The van der Waals surface area contributed by atoms with E-state index in [1.54, 1.807) is 36.4 Å². The van der Waals surface area contributed by atoms with Crippen LogP contribution in [0.1, 0.15) is 43.9 Å². The number of hydrogen-bond acceptors (Lipinski definition) is 6. The maximum atomic E-state index is 13.0. The van der Waals surface area contributed by atoms with Gasteiger partial charge in [-0.25, -0.2) is 8.42 Å². The molecule has 0 radical (unpaired) electrons. The van der Waals surface area contributed by atoms with Crippen molar-refractivity contribution >= 4 is 27.7 Å². The number of nitrogens with two attached hydrogens (primary N) is 1. The topological polar surface area (TPSA) is 174 Å². The van der Waals surface area contributed by atoms with E-state index < -0.39 is 40.0 Å². The van der Waals surface area contributed by atoms with Crippen LogP contribution in [0.5, 0.6) is 0 Å². The number of aryl methyl sites for hydroxylation is 1. The lowest BCUT2D eigenvalue weighted by Crippen LogP contribution is -2.57. The second kappa shape index (κ2) is 12.6. The normalized spacial score (nSPS) is 14.1. The molecule has 0 aliphatic rings. The quantitative estimate of drug-likeness (QED) is 0.182. The summed E-state index contributed by atoms with van der Waals surface area (Å²) in [6, 6.07) is 10.4. The molecule has 11 heteroatoms. The van der Waals surface area contributed by atoms with Crippen molar-refractivity contribution in [3.05, 3.63) is 65.2 Å². The highest BCUT2D eigenvalue weighted by Crippen LogP contribution is 2.13. The van der Waals surface area contributed by atoms with Crippen LogP contribution < -0.4 is 21.1 Å². The van der Waals surface area contributed by atoms with Crippen LogP contribution in [0.4, 0.5) is 0 Å². The van der Waals surface area contributed by atoms with Crippen molar-refractivity contribution in [1.82, 2.24) is 15.4 Å². The molecule has 0 saturated carbocycles. The van der Waals surface area contributed by atoms with Crippen molar-refractivity contribution in [1.29, 1.82) is 5.41 Å². The largest absolute Gasteiger partial charge is 0.391 e. The van der Waals surface area contributed by atoms with Crippen LogP contribution in [-0.2, 0) is 26.2 Å². The first-order chi connectivity index (χ1) is 16.8. The van der Waals surface area contributed by atoms with Gasteiger partial charge in [0.05, 0.1) is 11.0 Å². The van der Waals surface area contributed by atoms with Crippen molar-refractivity contribution in [2.45, 2.75) is 63.7 Å². The van der Waals surface area contributed by atoms with E-state index in [-0.39, 0.29) is 23.2 Å². The molecule has 0 spiro atoms. The zero-order chi connectivity index (χ0) is 27.0. The average Bonchev–Trinajstić information content (AvgIpc) is 2.80. The molecule has 3 atom stereocenters. The molecule has 2 aromatic carbocycles. The van der Waals surface area contributed by atoms with Gasteiger partial charge in [0.15, 0.2) is 0 Å². The highest BCUT2D eigenvalue weighted by Gasteiger charge is 2.32. The Morgan fingerprint density at radius 1 is 1.00 bits per heavy atom. The lowest BCUT2D eigenvalue weighted by molar-refractivity contribution is -0.131. The Hall–Kier alpha value is -3.28. The van der Waals surface area contributed by atoms with Gasteiger partial charge in [0, 0.05) is 12.1 Å². The van der Waals surface area contributed by atoms with Gasteiger partial charge in [-0.2, -0.15) is 4.72 Å². The van der Waals surface area contributed by atoms with Crippen molar-refractivity contribution < 1.29 is 23.1 Å². The Morgan fingerprint density at radius 3 is 2.08 bits per heavy atom. The second-order valence-electron chi connectivity index (χ2n) is 9.17. The summed E-state index contributed by atoms with van der Waals surface area (Å²) in [5, 5.41) is 23.0. The minimum atomic E-state index is -4.10. The lowest BCUT2D eigenvalue weighted by Gasteiger charge is -2.25. The number of carbonyl (C=O) groups is 2. The first-order valence-electron chi connectivity index (χ1n) is 11.6. The van der Waals surface area contributed by atoms with Crippen LogP contribution in [-0.4, -0.2) is 49.4 Å². The van der Waals surface area contributed by atoms with Gasteiger partial charge in [-0.1, -0.05) is 55.8 Å². The number of amides is 2. The van der Waals surface area contributed by atoms with Crippen LogP contribution in [0, 0.1) is 18.3 Å².